The van der Waals surface area contributed by atoms with Crippen LogP contribution in [0.5, 0.6) is 5.88 Å². The fourth-order valence-electron chi connectivity index (χ4n) is 1.96. The number of aromatic hydroxyl groups is 1. The zero-order valence-corrected chi connectivity index (χ0v) is 13.5. The van der Waals surface area contributed by atoms with E-state index in [2.05, 4.69) is 25.9 Å². The zero-order valence-electron chi connectivity index (χ0n) is 11.9. The number of H-pyrrole nitrogens is 1. The van der Waals surface area contributed by atoms with Gasteiger partial charge in [0.2, 0.25) is 5.88 Å². The van der Waals surface area contributed by atoms with Crippen molar-refractivity contribution in [3.8, 4) is 17.0 Å². The van der Waals surface area contributed by atoms with Crippen LogP contribution in [0.2, 0.25) is 0 Å². The fraction of sp³-hybridized carbons (Fsp3) is 0.333. The van der Waals surface area contributed by atoms with E-state index >= 15 is 0 Å². The van der Waals surface area contributed by atoms with Gasteiger partial charge < -0.3 is 14.8 Å². The van der Waals surface area contributed by atoms with Crippen molar-refractivity contribution in [3.05, 3.63) is 44.9 Å². The van der Waals surface area contributed by atoms with Crippen LogP contribution >= 0.6 is 15.9 Å². The molecular formula is C15H17BrN2O3. The minimum Gasteiger partial charge on any atom is -0.493 e. The van der Waals surface area contributed by atoms with Crippen LogP contribution in [0.3, 0.4) is 0 Å². The van der Waals surface area contributed by atoms with Gasteiger partial charge in [0.05, 0.1) is 6.10 Å². The molecule has 6 heteroatoms. The Labute approximate surface area is 131 Å². The molecule has 1 aromatic heterocycles. The van der Waals surface area contributed by atoms with Crippen molar-refractivity contribution >= 4 is 15.9 Å². The molecule has 0 fully saturated rings. The summed E-state index contributed by atoms with van der Waals surface area (Å²) in [7, 11) is 1.63. The number of aromatic nitrogens is 2. The summed E-state index contributed by atoms with van der Waals surface area (Å²) < 4.78 is 6.05. The van der Waals surface area contributed by atoms with Crippen molar-refractivity contribution in [2.75, 3.05) is 7.11 Å². The Kier molecular flexibility index (Phi) is 5.14. The molecule has 2 N–H and O–H groups in total. The molecule has 2 rings (SSSR count). The highest BCUT2D eigenvalue weighted by molar-refractivity contribution is 9.10. The molecule has 21 heavy (non-hydrogen) atoms. The van der Waals surface area contributed by atoms with Gasteiger partial charge in [-0.15, -0.1) is 0 Å². The molecule has 0 aliphatic heterocycles. The van der Waals surface area contributed by atoms with E-state index in [1.807, 2.05) is 19.1 Å². The SMILES string of the molecule is COC(C)CCc1nc(O)c(-c2ccc(Br)cc2)c(=O)[nH]1. The summed E-state index contributed by atoms with van der Waals surface area (Å²) in [6.45, 7) is 1.94. The molecule has 0 saturated carbocycles. The summed E-state index contributed by atoms with van der Waals surface area (Å²) in [6, 6.07) is 7.12. The van der Waals surface area contributed by atoms with Gasteiger partial charge in [-0.25, -0.2) is 0 Å². The summed E-state index contributed by atoms with van der Waals surface area (Å²) in [5, 5.41) is 10.0. The largest absolute Gasteiger partial charge is 0.493 e. The summed E-state index contributed by atoms with van der Waals surface area (Å²) >= 11 is 3.33. The average Bonchev–Trinajstić information content (AvgIpc) is 2.46. The monoisotopic (exact) mass is 352 g/mol. The molecule has 0 aliphatic rings. The average molecular weight is 353 g/mol. The number of aromatic amines is 1. The Morgan fingerprint density at radius 3 is 2.62 bits per heavy atom. The van der Waals surface area contributed by atoms with Crippen molar-refractivity contribution in [1.82, 2.24) is 9.97 Å². The first-order valence-corrected chi connectivity index (χ1v) is 7.41. The van der Waals surface area contributed by atoms with Gasteiger partial charge >= 0.3 is 0 Å². The lowest BCUT2D eigenvalue weighted by Gasteiger charge is -2.09. The number of rotatable bonds is 5. The molecule has 0 aliphatic carbocycles. The summed E-state index contributed by atoms with van der Waals surface area (Å²) in [6.07, 6.45) is 1.33. The van der Waals surface area contributed by atoms with Crippen LogP contribution in [0.25, 0.3) is 11.1 Å². The molecule has 5 nitrogen and oxygen atoms in total. The van der Waals surface area contributed by atoms with Crippen molar-refractivity contribution < 1.29 is 9.84 Å². The van der Waals surface area contributed by atoms with Gasteiger partial charge in [-0.2, -0.15) is 4.98 Å². The summed E-state index contributed by atoms with van der Waals surface area (Å²) in [4.78, 5) is 18.9. The maximum absolute atomic E-state index is 12.2. The summed E-state index contributed by atoms with van der Waals surface area (Å²) in [5.41, 5.74) is 0.470. The topological polar surface area (TPSA) is 75.2 Å². The smallest absolute Gasteiger partial charge is 0.262 e. The van der Waals surface area contributed by atoms with Crippen LogP contribution in [-0.4, -0.2) is 28.3 Å². The molecule has 1 unspecified atom stereocenters. The number of aryl methyl sites for hydroxylation is 1. The van der Waals surface area contributed by atoms with Crippen LogP contribution in [0.4, 0.5) is 0 Å². The lowest BCUT2D eigenvalue weighted by atomic mass is 10.1. The van der Waals surface area contributed by atoms with Crippen LogP contribution in [0.15, 0.2) is 33.5 Å². The van der Waals surface area contributed by atoms with Gasteiger partial charge in [0.25, 0.3) is 5.56 Å². The molecule has 1 aromatic carbocycles. The second-order valence-corrected chi connectivity index (χ2v) is 5.72. The minimum atomic E-state index is -0.343. The van der Waals surface area contributed by atoms with E-state index in [0.29, 0.717) is 17.8 Å². The number of hydrogen-bond donors (Lipinski definition) is 2. The lowest BCUT2D eigenvalue weighted by Crippen LogP contribution is -2.15. The van der Waals surface area contributed by atoms with E-state index < -0.39 is 0 Å². The van der Waals surface area contributed by atoms with Crippen molar-refractivity contribution in [1.29, 1.82) is 0 Å². The summed E-state index contributed by atoms with van der Waals surface area (Å²) in [5.74, 6) is 0.211. The molecule has 2 aromatic rings. The number of nitrogens with one attached hydrogen (secondary N) is 1. The van der Waals surface area contributed by atoms with E-state index in [4.69, 9.17) is 4.74 Å². The van der Waals surface area contributed by atoms with E-state index in [1.165, 1.54) is 0 Å². The van der Waals surface area contributed by atoms with Gasteiger partial charge in [0, 0.05) is 18.0 Å². The number of methoxy groups -OCH3 is 1. The number of ether oxygens (including phenoxy) is 1. The van der Waals surface area contributed by atoms with E-state index in [1.54, 1.807) is 19.2 Å². The number of benzene rings is 1. The van der Waals surface area contributed by atoms with Gasteiger partial charge in [-0.1, -0.05) is 28.1 Å². The predicted octanol–water partition coefficient (Wildman–Crippen LogP) is 2.87. The quantitative estimate of drug-likeness (QED) is 0.867. The van der Waals surface area contributed by atoms with E-state index in [0.717, 1.165) is 10.9 Å². The molecule has 0 bridgehead atoms. The van der Waals surface area contributed by atoms with Crippen LogP contribution < -0.4 is 5.56 Å². The second-order valence-electron chi connectivity index (χ2n) is 4.80. The standard InChI is InChI=1S/C15H17BrN2O3/c1-9(21-2)3-8-12-17-14(19)13(15(20)18-12)10-4-6-11(16)7-5-10/h4-7,9H,3,8H2,1-2H3,(H2,17,18,19,20). The zero-order chi connectivity index (χ0) is 15.4. The van der Waals surface area contributed by atoms with Crippen molar-refractivity contribution in [2.45, 2.75) is 25.9 Å². The minimum absolute atomic E-state index is 0.0728. The van der Waals surface area contributed by atoms with Crippen LogP contribution in [0, 0.1) is 0 Å². The molecule has 1 atom stereocenters. The fourth-order valence-corrected chi connectivity index (χ4v) is 2.22. The van der Waals surface area contributed by atoms with Gasteiger partial charge in [0.15, 0.2) is 0 Å². The Bertz CT molecular complexity index is 668. The van der Waals surface area contributed by atoms with Gasteiger partial charge in [-0.05, 0) is 31.0 Å². The highest BCUT2D eigenvalue weighted by atomic mass is 79.9. The van der Waals surface area contributed by atoms with Crippen molar-refractivity contribution in [2.24, 2.45) is 0 Å². The molecule has 0 radical (unpaired) electrons. The third-order valence-electron chi connectivity index (χ3n) is 3.27. The Morgan fingerprint density at radius 2 is 2.05 bits per heavy atom. The Hall–Kier alpha value is -1.66. The highest BCUT2D eigenvalue weighted by Crippen LogP contribution is 2.25. The Balaban J connectivity index is 2.29. The lowest BCUT2D eigenvalue weighted by molar-refractivity contribution is 0.111. The maximum Gasteiger partial charge on any atom is 0.262 e. The molecule has 1 heterocycles. The van der Waals surface area contributed by atoms with Gasteiger partial charge in [0.1, 0.15) is 11.4 Å². The van der Waals surface area contributed by atoms with E-state index in [9.17, 15) is 9.90 Å². The highest BCUT2D eigenvalue weighted by Gasteiger charge is 2.13. The van der Waals surface area contributed by atoms with Crippen LogP contribution in [-0.2, 0) is 11.2 Å². The first kappa shape index (κ1) is 15.7. The molecule has 0 saturated heterocycles. The predicted molar refractivity (Wildman–Crippen MR) is 84.5 cm³/mol. The number of hydrogen-bond acceptors (Lipinski definition) is 4. The van der Waals surface area contributed by atoms with Gasteiger partial charge in [-0.3, -0.25) is 4.79 Å². The normalized spacial score (nSPS) is 12.3. The number of nitrogens with zero attached hydrogens (tertiary/aromatic N) is 1. The van der Waals surface area contributed by atoms with Crippen LogP contribution in [0.1, 0.15) is 19.2 Å². The van der Waals surface area contributed by atoms with Crippen molar-refractivity contribution in [3.63, 3.8) is 0 Å². The van der Waals surface area contributed by atoms with E-state index in [-0.39, 0.29) is 23.1 Å². The first-order chi connectivity index (χ1) is 10.0. The molecular weight excluding hydrogens is 336 g/mol. The third kappa shape index (κ3) is 3.92. The Morgan fingerprint density at radius 1 is 1.38 bits per heavy atom. The molecule has 0 amide bonds. The maximum atomic E-state index is 12.2. The molecule has 0 spiro atoms. The third-order valence-corrected chi connectivity index (χ3v) is 3.80. The second kappa shape index (κ2) is 6.87. The first-order valence-electron chi connectivity index (χ1n) is 6.62. The number of halogens is 1. The molecule has 112 valence electrons.